The van der Waals surface area contributed by atoms with Crippen molar-refractivity contribution in [3.8, 4) is 0 Å². The summed E-state index contributed by atoms with van der Waals surface area (Å²) in [7, 11) is 0. The van der Waals surface area contributed by atoms with Crippen LogP contribution < -0.4 is 10.9 Å². The average Bonchev–Trinajstić information content (AvgIpc) is 3.19. The van der Waals surface area contributed by atoms with Crippen LogP contribution in [0.4, 0.5) is 5.69 Å². The number of thiophene rings is 1. The van der Waals surface area contributed by atoms with Gasteiger partial charge >= 0.3 is 0 Å². The van der Waals surface area contributed by atoms with Crippen molar-refractivity contribution in [1.82, 2.24) is 24.1 Å². The molecule has 4 aromatic rings. The van der Waals surface area contributed by atoms with Crippen LogP contribution in [0.5, 0.6) is 0 Å². The Labute approximate surface area is 152 Å². The van der Waals surface area contributed by atoms with Gasteiger partial charge in [0, 0.05) is 11.3 Å². The molecule has 0 saturated carbocycles. The van der Waals surface area contributed by atoms with E-state index < -0.39 is 0 Å². The van der Waals surface area contributed by atoms with Crippen LogP contribution in [0.25, 0.3) is 15.7 Å². The number of aromatic nitrogens is 5. The third kappa shape index (κ3) is 2.76. The summed E-state index contributed by atoms with van der Waals surface area (Å²) in [4.78, 5) is 33.8. The molecular formula is C17H16N6O2S. The fraction of sp³-hybridized carbons (Fsp3) is 0.235. The van der Waals surface area contributed by atoms with E-state index >= 15 is 0 Å². The summed E-state index contributed by atoms with van der Waals surface area (Å²) in [6, 6.07) is 3.82. The lowest BCUT2D eigenvalue weighted by molar-refractivity contribution is -0.117. The predicted molar refractivity (Wildman–Crippen MR) is 99.6 cm³/mol. The van der Waals surface area contributed by atoms with Crippen LogP contribution in [-0.4, -0.2) is 30.1 Å². The van der Waals surface area contributed by atoms with Gasteiger partial charge in [-0.05, 0) is 17.5 Å². The molecule has 0 bridgehead atoms. The highest BCUT2D eigenvalue weighted by Crippen LogP contribution is 2.26. The van der Waals surface area contributed by atoms with Crippen LogP contribution in [0.3, 0.4) is 0 Å². The number of nitrogens with one attached hydrogen (secondary N) is 1. The Bertz CT molecular complexity index is 1160. The number of fused-ring (bicyclic) bond motifs is 3. The number of carbonyl (C=O) groups is 1. The Kier molecular flexibility index (Phi) is 4.00. The molecule has 0 aromatic carbocycles. The van der Waals surface area contributed by atoms with Crippen molar-refractivity contribution in [2.24, 2.45) is 0 Å². The number of rotatable bonds is 4. The number of nitrogens with zero attached hydrogens (tertiary/aromatic N) is 5. The van der Waals surface area contributed by atoms with E-state index in [0.29, 0.717) is 11.2 Å². The summed E-state index contributed by atoms with van der Waals surface area (Å²) >= 11 is 1.57. The number of amides is 1. The second kappa shape index (κ2) is 6.34. The van der Waals surface area contributed by atoms with Gasteiger partial charge in [-0.1, -0.05) is 13.8 Å². The summed E-state index contributed by atoms with van der Waals surface area (Å²) in [5.41, 5.74) is 0.706. The third-order valence-corrected chi connectivity index (χ3v) is 4.88. The van der Waals surface area contributed by atoms with Gasteiger partial charge in [-0.2, -0.15) is 5.10 Å². The van der Waals surface area contributed by atoms with Gasteiger partial charge in [0.25, 0.3) is 5.56 Å². The van der Waals surface area contributed by atoms with E-state index in [0.717, 1.165) is 16.0 Å². The van der Waals surface area contributed by atoms with Crippen molar-refractivity contribution in [2.45, 2.75) is 26.3 Å². The molecule has 0 spiro atoms. The second-order valence-corrected chi connectivity index (χ2v) is 7.09. The van der Waals surface area contributed by atoms with Gasteiger partial charge in [0.1, 0.15) is 29.0 Å². The molecule has 0 radical (unpaired) electrons. The second-order valence-electron chi connectivity index (χ2n) is 6.20. The molecule has 8 nitrogen and oxygen atoms in total. The molecular weight excluding hydrogens is 352 g/mol. The Morgan fingerprint density at radius 2 is 2.08 bits per heavy atom. The molecule has 9 heteroatoms. The first kappa shape index (κ1) is 16.4. The van der Waals surface area contributed by atoms with Crippen LogP contribution in [0.2, 0.25) is 0 Å². The van der Waals surface area contributed by atoms with E-state index in [4.69, 9.17) is 0 Å². The Morgan fingerprint density at radius 1 is 1.31 bits per heavy atom. The highest BCUT2D eigenvalue weighted by atomic mass is 32.1. The molecule has 1 N–H and O–H groups in total. The molecule has 132 valence electrons. The Hall–Kier alpha value is -3.07. The first-order valence-corrected chi connectivity index (χ1v) is 8.97. The highest BCUT2D eigenvalue weighted by Gasteiger charge is 2.18. The lowest BCUT2D eigenvalue weighted by atomic mass is 10.2. The SMILES string of the molecule is CC(C)c1nn(CC(=O)Nc2cncnc2)c(=O)c2cc3ccsc3n12. The maximum Gasteiger partial charge on any atom is 0.291 e. The molecule has 0 aliphatic rings. The van der Waals surface area contributed by atoms with Crippen LogP contribution in [0, 0.1) is 0 Å². The topological polar surface area (TPSA) is 94.2 Å². The molecule has 0 fully saturated rings. The van der Waals surface area contributed by atoms with Gasteiger partial charge in [-0.25, -0.2) is 14.6 Å². The largest absolute Gasteiger partial charge is 0.322 e. The van der Waals surface area contributed by atoms with E-state index in [1.54, 1.807) is 11.3 Å². The molecule has 0 aliphatic heterocycles. The quantitative estimate of drug-likeness (QED) is 0.596. The lowest BCUT2D eigenvalue weighted by Gasteiger charge is -2.13. The van der Waals surface area contributed by atoms with E-state index in [-0.39, 0.29) is 23.9 Å². The third-order valence-electron chi connectivity index (χ3n) is 3.97. The first-order chi connectivity index (χ1) is 12.5. The number of hydrogen-bond donors (Lipinski definition) is 1. The van der Waals surface area contributed by atoms with E-state index in [9.17, 15) is 9.59 Å². The summed E-state index contributed by atoms with van der Waals surface area (Å²) in [5, 5.41) is 10.1. The zero-order chi connectivity index (χ0) is 18.3. The van der Waals surface area contributed by atoms with E-state index in [1.165, 1.54) is 23.4 Å². The number of carbonyl (C=O) groups excluding carboxylic acids is 1. The monoisotopic (exact) mass is 368 g/mol. The molecule has 0 atom stereocenters. The Balaban J connectivity index is 1.76. The van der Waals surface area contributed by atoms with Crippen molar-refractivity contribution in [2.75, 3.05) is 5.32 Å². The fourth-order valence-corrected chi connectivity index (χ4v) is 3.74. The van der Waals surface area contributed by atoms with Crippen molar-refractivity contribution < 1.29 is 4.79 Å². The smallest absolute Gasteiger partial charge is 0.291 e. The van der Waals surface area contributed by atoms with Gasteiger partial charge < -0.3 is 5.32 Å². The van der Waals surface area contributed by atoms with E-state index in [1.807, 2.05) is 35.8 Å². The summed E-state index contributed by atoms with van der Waals surface area (Å²) in [5.74, 6) is 0.474. The molecule has 4 aromatic heterocycles. The van der Waals surface area contributed by atoms with Crippen molar-refractivity contribution in [3.63, 3.8) is 0 Å². The minimum Gasteiger partial charge on any atom is -0.322 e. The molecule has 4 rings (SSSR count). The molecule has 0 aliphatic carbocycles. The first-order valence-electron chi connectivity index (χ1n) is 8.09. The van der Waals surface area contributed by atoms with Gasteiger partial charge in [-0.3, -0.25) is 14.0 Å². The van der Waals surface area contributed by atoms with Gasteiger partial charge in [0.15, 0.2) is 0 Å². The molecule has 0 saturated heterocycles. The number of hydrogen-bond acceptors (Lipinski definition) is 6. The summed E-state index contributed by atoms with van der Waals surface area (Å²) in [6.07, 6.45) is 4.36. The van der Waals surface area contributed by atoms with Crippen LogP contribution in [0.1, 0.15) is 25.6 Å². The summed E-state index contributed by atoms with van der Waals surface area (Å²) in [6.45, 7) is 3.84. The zero-order valence-electron chi connectivity index (χ0n) is 14.2. The van der Waals surface area contributed by atoms with E-state index in [2.05, 4.69) is 20.4 Å². The predicted octanol–water partition coefficient (Wildman–Crippen LogP) is 2.26. The standard InChI is InChI=1S/C17H16N6O2S/c1-10(2)15-21-22(8-14(24)20-12-6-18-9-19-7-12)16(25)13-5-11-3-4-26-17(11)23(13)15/h3-7,9-10H,8H2,1-2H3,(H,20,24). The minimum atomic E-state index is -0.359. The van der Waals surface area contributed by atoms with Gasteiger partial charge in [-0.15, -0.1) is 11.3 Å². The van der Waals surface area contributed by atoms with Crippen molar-refractivity contribution >= 4 is 38.7 Å². The van der Waals surface area contributed by atoms with Crippen molar-refractivity contribution in [3.05, 3.63) is 52.4 Å². The molecule has 0 unspecified atom stereocenters. The normalized spacial score (nSPS) is 11.5. The van der Waals surface area contributed by atoms with Gasteiger partial charge in [0.05, 0.1) is 18.1 Å². The minimum absolute atomic E-state index is 0.0904. The summed E-state index contributed by atoms with van der Waals surface area (Å²) < 4.78 is 3.11. The molecule has 4 heterocycles. The van der Waals surface area contributed by atoms with Crippen LogP contribution in [0.15, 0.2) is 41.0 Å². The zero-order valence-corrected chi connectivity index (χ0v) is 15.0. The fourth-order valence-electron chi connectivity index (χ4n) is 2.84. The molecule has 1 amide bonds. The number of anilines is 1. The average molecular weight is 368 g/mol. The highest BCUT2D eigenvalue weighted by molar-refractivity contribution is 7.16. The maximum atomic E-state index is 12.8. The van der Waals surface area contributed by atoms with Gasteiger partial charge in [0.2, 0.25) is 5.91 Å². The lowest BCUT2D eigenvalue weighted by Crippen LogP contribution is -2.32. The Morgan fingerprint density at radius 3 is 2.81 bits per heavy atom. The van der Waals surface area contributed by atoms with Crippen LogP contribution >= 0.6 is 11.3 Å². The van der Waals surface area contributed by atoms with Crippen molar-refractivity contribution in [1.29, 1.82) is 0 Å². The molecule has 26 heavy (non-hydrogen) atoms. The maximum absolute atomic E-state index is 12.8. The van der Waals surface area contributed by atoms with Crippen LogP contribution in [-0.2, 0) is 11.3 Å².